The molecule has 1 saturated heterocycles. The molecule has 0 N–H and O–H groups in total. The number of ether oxygens (including phenoxy) is 2. The van der Waals surface area contributed by atoms with Crippen molar-refractivity contribution in [2.75, 3.05) is 20.2 Å². The molecular weight excluding hydrogens is 408 g/mol. The molecule has 6 nitrogen and oxygen atoms in total. The molecule has 1 unspecified atom stereocenters. The summed E-state index contributed by atoms with van der Waals surface area (Å²) in [7, 11) is -2.01. The summed E-state index contributed by atoms with van der Waals surface area (Å²) in [4.78, 5) is 4.45. The minimum atomic E-state index is -3.55. The Morgan fingerprint density at radius 1 is 1.32 bits per heavy atom. The summed E-state index contributed by atoms with van der Waals surface area (Å²) in [5.74, 6) is 0.594. The topological polar surface area (TPSA) is 68.7 Å². The van der Waals surface area contributed by atoms with Gasteiger partial charge in [-0.15, -0.1) is 0 Å². The van der Waals surface area contributed by atoms with E-state index in [1.807, 2.05) is 18.2 Å². The lowest BCUT2D eigenvalue weighted by Gasteiger charge is -2.17. The largest absolute Gasteiger partial charge is 0.496 e. The van der Waals surface area contributed by atoms with E-state index in [9.17, 15) is 8.42 Å². The van der Waals surface area contributed by atoms with Crippen LogP contribution in [0.25, 0.3) is 0 Å². The lowest BCUT2D eigenvalue weighted by atomic mass is 10.3. The molecule has 1 aliphatic rings. The molecule has 2 aromatic rings. The number of aromatic nitrogens is 1. The summed E-state index contributed by atoms with van der Waals surface area (Å²) in [5.41, 5.74) is 0.836. The normalized spacial score (nSPS) is 18.4. The van der Waals surface area contributed by atoms with Crippen molar-refractivity contribution in [3.63, 3.8) is 0 Å². The monoisotopic (exact) mass is 426 g/mol. The molecule has 0 aliphatic carbocycles. The van der Waals surface area contributed by atoms with Crippen molar-refractivity contribution in [3.8, 4) is 5.75 Å². The van der Waals surface area contributed by atoms with Gasteiger partial charge in [0.2, 0.25) is 10.0 Å². The second kappa shape index (κ2) is 7.82. The third kappa shape index (κ3) is 4.20. The second-order valence-corrected chi connectivity index (χ2v) is 8.49. The Labute approximate surface area is 156 Å². The zero-order chi connectivity index (χ0) is 17.9. The molecule has 8 heteroatoms. The molecule has 0 bridgehead atoms. The quantitative estimate of drug-likeness (QED) is 0.709. The maximum atomic E-state index is 12.8. The summed E-state index contributed by atoms with van der Waals surface area (Å²) < 4.78 is 38.6. The van der Waals surface area contributed by atoms with E-state index in [1.165, 1.54) is 11.4 Å². The predicted molar refractivity (Wildman–Crippen MR) is 96.9 cm³/mol. The molecule has 1 aromatic heterocycles. The van der Waals surface area contributed by atoms with Crippen LogP contribution >= 0.6 is 15.9 Å². The van der Waals surface area contributed by atoms with Crippen LogP contribution in [-0.4, -0.2) is 44.0 Å². The van der Waals surface area contributed by atoms with Crippen molar-refractivity contribution in [1.82, 2.24) is 9.29 Å². The van der Waals surface area contributed by atoms with Gasteiger partial charge in [-0.05, 0) is 52.7 Å². The van der Waals surface area contributed by atoms with E-state index in [4.69, 9.17) is 9.47 Å². The highest BCUT2D eigenvalue weighted by atomic mass is 79.9. The van der Waals surface area contributed by atoms with Gasteiger partial charge in [-0.25, -0.2) is 8.42 Å². The molecule has 0 radical (unpaired) electrons. The predicted octanol–water partition coefficient (Wildman–Crippen LogP) is 2.83. The Morgan fingerprint density at radius 3 is 2.84 bits per heavy atom. The van der Waals surface area contributed by atoms with Gasteiger partial charge in [0.05, 0.1) is 34.9 Å². The SMILES string of the molecule is COc1ccc(S(=O)(=O)N2CCC(OCc3ccccn3)C2)cc1Br. The van der Waals surface area contributed by atoms with E-state index in [2.05, 4.69) is 20.9 Å². The second-order valence-electron chi connectivity index (χ2n) is 5.70. The minimum Gasteiger partial charge on any atom is -0.496 e. The first-order valence-corrected chi connectivity index (χ1v) is 10.1. The number of pyridine rings is 1. The highest BCUT2D eigenvalue weighted by molar-refractivity contribution is 9.10. The molecule has 0 saturated carbocycles. The first-order valence-electron chi connectivity index (χ1n) is 7.86. The average molecular weight is 427 g/mol. The zero-order valence-corrected chi connectivity index (χ0v) is 16.2. The Kier molecular flexibility index (Phi) is 5.73. The number of benzene rings is 1. The number of sulfonamides is 1. The van der Waals surface area contributed by atoms with Crippen molar-refractivity contribution in [3.05, 3.63) is 52.8 Å². The van der Waals surface area contributed by atoms with Gasteiger partial charge in [-0.1, -0.05) is 6.07 Å². The van der Waals surface area contributed by atoms with Crippen molar-refractivity contribution in [2.45, 2.75) is 24.0 Å². The number of nitrogens with zero attached hydrogens (tertiary/aromatic N) is 2. The molecule has 1 aromatic carbocycles. The number of methoxy groups -OCH3 is 1. The molecule has 3 rings (SSSR count). The Hall–Kier alpha value is -1.48. The van der Waals surface area contributed by atoms with Gasteiger partial charge in [0, 0.05) is 19.3 Å². The van der Waals surface area contributed by atoms with Crippen molar-refractivity contribution in [2.24, 2.45) is 0 Å². The van der Waals surface area contributed by atoms with E-state index in [0.29, 0.717) is 36.3 Å². The summed E-state index contributed by atoms with van der Waals surface area (Å²) in [6, 6.07) is 10.4. The summed E-state index contributed by atoms with van der Waals surface area (Å²) in [6.07, 6.45) is 2.26. The van der Waals surface area contributed by atoms with Crippen molar-refractivity contribution < 1.29 is 17.9 Å². The van der Waals surface area contributed by atoms with Crippen LogP contribution < -0.4 is 4.74 Å². The Morgan fingerprint density at radius 2 is 2.16 bits per heavy atom. The van der Waals surface area contributed by atoms with Gasteiger partial charge in [-0.2, -0.15) is 4.31 Å². The summed E-state index contributed by atoms with van der Waals surface area (Å²) >= 11 is 3.33. The Balaban J connectivity index is 1.65. The first-order chi connectivity index (χ1) is 12.0. The zero-order valence-electron chi connectivity index (χ0n) is 13.8. The lowest BCUT2D eigenvalue weighted by molar-refractivity contribution is 0.0489. The van der Waals surface area contributed by atoms with Crippen LogP contribution in [0.2, 0.25) is 0 Å². The van der Waals surface area contributed by atoms with Gasteiger partial charge >= 0.3 is 0 Å². The fourth-order valence-corrected chi connectivity index (χ4v) is 4.90. The number of halogens is 1. The van der Waals surface area contributed by atoms with Gasteiger partial charge in [0.15, 0.2) is 0 Å². The minimum absolute atomic E-state index is 0.126. The van der Waals surface area contributed by atoms with Crippen molar-refractivity contribution in [1.29, 1.82) is 0 Å². The van der Waals surface area contributed by atoms with Crippen LogP contribution in [0.15, 0.2) is 52.0 Å². The van der Waals surface area contributed by atoms with Crippen LogP contribution in [0.4, 0.5) is 0 Å². The summed E-state index contributed by atoms with van der Waals surface area (Å²) in [6.45, 7) is 1.17. The maximum Gasteiger partial charge on any atom is 0.243 e. The third-order valence-electron chi connectivity index (χ3n) is 4.06. The van der Waals surface area contributed by atoms with E-state index in [-0.39, 0.29) is 11.0 Å². The lowest BCUT2D eigenvalue weighted by Crippen LogP contribution is -2.30. The molecule has 2 heterocycles. The van der Waals surface area contributed by atoms with Crippen LogP contribution in [0.1, 0.15) is 12.1 Å². The fourth-order valence-electron chi connectivity index (χ4n) is 2.70. The first kappa shape index (κ1) is 18.3. The number of hydrogen-bond donors (Lipinski definition) is 0. The highest BCUT2D eigenvalue weighted by Crippen LogP contribution is 2.30. The third-order valence-corrected chi connectivity index (χ3v) is 6.54. The molecule has 0 amide bonds. The smallest absolute Gasteiger partial charge is 0.243 e. The van der Waals surface area contributed by atoms with E-state index >= 15 is 0 Å². The number of hydrogen-bond acceptors (Lipinski definition) is 5. The molecule has 25 heavy (non-hydrogen) atoms. The van der Waals surface area contributed by atoms with E-state index < -0.39 is 10.0 Å². The van der Waals surface area contributed by atoms with Crippen LogP contribution in [0, 0.1) is 0 Å². The standard InChI is InChI=1S/C17H19BrN2O4S/c1-23-17-6-5-15(10-16(17)18)25(21,22)20-9-7-14(11-20)24-12-13-4-2-3-8-19-13/h2-6,8,10,14H,7,9,11-12H2,1H3. The van der Waals surface area contributed by atoms with Gasteiger partial charge in [-0.3, -0.25) is 4.98 Å². The molecule has 1 atom stereocenters. The molecule has 0 spiro atoms. The summed E-state index contributed by atoms with van der Waals surface area (Å²) in [5, 5.41) is 0. The fraction of sp³-hybridized carbons (Fsp3) is 0.353. The number of rotatable bonds is 6. The van der Waals surface area contributed by atoms with Gasteiger partial charge < -0.3 is 9.47 Å². The van der Waals surface area contributed by atoms with Crippen LogP contribution in [0.5, 0.6) is 5.75 Å². The molecule has 1 fully saturated rings. The van der Waals surface area contributed by atoms with Crippen molar-refractivity contribution >= 4 is 26.0 Å². The molecular formula is C17H19BrN2O4S. The maximum absolute atomic E-state index is 12.8. The van der Waals surface area contributed by atoms with Crippen LogP contribution in [-0.2, 0) is 21.4 Å². The van der Waals surface area contributed by atoms with Gasteiger partial charge in [0.25, 0.3) is 0 Å². The highest BCUT2D eigenvalue weighted by Gasteiger charge is 2.33. The van der Waals surface area contributed by atoms with Crippen LogP contribution in [0.3, 0.4) is 0 Å². The van der Waals surface area contributed by atoms with E-state index in [0.717, 1.165) is 5.69 Å². The molecule has 1 aliphatic heterocycles. The Bertz CT molecular complexity index is 830. The van der Waals surface area contributed by atoms with Gasteiger partial charge in [0.1, 0.15) is 5.75 Å². The average Bonchev–Trinajstić information content (AvgIpc) is 3.10. The molecule has 134 valence electrons. The van der Waals surface area contributed by atoms with E-state index in [1.54, 1.807) is 24.4 Å².